The van der Waals surface area contributed by atoms with Gasteiger partial charge in [-0.2, -0.15) is 0 Å². The van der Waals surface area contributed by atoms with Gasteiger partial charge in [-0.1, -0.05) is 44.8 Å². The number of para-hydroxylation sites is 1. The molecule has 0 saturated carbocycles. The van der Waals surface area contributed by atoms with Gasteiger partial charge >= 0.3 is 0 Å². The molecule has 0 N–H and O–H groups in total. The highest BCUT2D eigenvalue weighted by atomic mass is 28.3. The Morgan fingerprint density at radius 3 is 2.07 bits per heavy atom. The molecule has 84 valence electrons. The summed E-state index contributed by atoms with van der Waals surface area (Å²) in [5.74, 6) is 0. The lowest BCUT2D eigenvalue weighted by Crippen LogP contribution is -2.30. The predicted molar refractivity (Wildman–Crippen MR) is 72.5 cm³/mol. The SMILES string of the molecule is CC(c1ccccc1N(C)C)[Si](C)(C)C. The fourth-order valence-corrected chi connectivity index (χ4v) is 2.90. The minimum atomic E-state index is -1.11. The van der Waals surface area contributed by atoms with E-state index in [9.17, 15) is 0 Å². The molecule has 0 saturated heterocycles. The second kappa shape index (κ2) is 4.39. The fourth-order valence-electron chi connectivity index (χ4n) is 1.73. The maximum absolute atomic E-state index is 2.43. The molecule has 1 unspecified atom stereocenters. The highest BCUT2D eigenvalue weighted by Gasteiger charge is 2.25. The molecule has 0 aliphatic rings. The largest absolute Gasteiger partial charge is 0.377 e. The van der Waals surface area contributed by atoms with Crippen LogP contribution in [0.15, 0.2) is 24.3 Å². The predicted octanol–water partition coefficient (Wildman–Crippen LogP) is 3.73. The molecule has 15 heavy (non-hydrogen) atoms. The van der Waals surface area contributed by atoms with Crippen LogP contribution in [0.3, 0.4) is 0 Å². The molecule has 1 atom stereocenters. The van der Waals surface area contributed by atoms with E-state index in [-0.39, 0.29) is 0 Å². The Kier molecular flexibility index (Phi) is 3.61. The normalized spacial score (nSPS) is 13.7. The van der Waals surface area contributed by atoms with Crippen molar-refractivity contribution >= 4 is 13.8 Å². The minimum absolute atomic E-state index is 0.705. The molecule has 1 aromatic carbocycles. The molecule has 0 fully saturated rings. The van der Waals surface area contributed by atoms with Crippen LogP contribution >= 0.6 is 0 Å². The van der Waals surface area contributed by atoms with E-state index in [4.69, 9.17) is 0 Å². The van der Waals surface area contributed by atoms with E-state index in [1.54, 1.807) is 0 Å². The Hall–Kier alpha value is -0.763. The molecular weight excluding hydrogens is 198 g/mol. The van der Waals surface area contributed by atoms with Crippen molar-refractivity contribution in [2.75, 3.05) is 19.0 Å². The quantitative estimate of drug-likeness (QED) is 0.703. The third-order valence-corrected chi connectivity index (χ3v) is 6.09. The number of benzene rings is 1. The molecule has 1 aromatic rings. The Labute approximate surface area is 95.1 Å². The van der Waals surface area contributed by atoms with Crippen LogP contribution in [0.5, 0.6) is 0 Å². The van der Waals surface area contributed by atoms with Crippen LogP contribution in [-0.4, -0.2) is 22.2 Å². The monoisotopic (exact) mass is 221 g/mol. The maximum Gasteiger partial charge on any atom is 0.0519 e. The van der Waals surface area contributed by atoms with Crippen LogP contribution in [0.4, 0.5) is 5.69 Å². The van der Waals surface area contributed by atoms with Gasteiger partial charge in [0, 0.05) is 19.8 Å². The van der Waals surface area contributed by atoms with Crippen LogP contribution in [0.2, 0.25) is 19.6 Å². The van der Waals surface area contributed by atoms with Crippen molar-refractivity contribution in [1.82, 2.24) is 0 Å². The molecule has 0 aromatic heterocycles. The minimum Gasteiger partial charge on any atom is -0.377 e. The van der Waals surface area contributed by atoms with Crippen molar-refractivity contribution < 1.29 is 0 Å². The van der Waals surface area contributed by atoms with E-state index in [1.165, 1.54) is 11.3 Å². The molecular formula is C13H23NSi. The smallest absolute Gasteiger partial charge is 0.0519 e. The standard InChI is InChI=1S/C13H23NSi/c1-11(15(4,5)6)12-9-7-8-10-13(12)14(2)3/h7-11H,1-6H3. The molecule has 0 bridgehead atoms. The topological polar surface area (TPSA) is 3.24 Å². The van der Waals surface area contributed by atoms with Crippen LogP contribution in [-0.2, 0) is 0 Å². The third kappa shape index (κ3) is 2.85. The van der Waals surface area contributed by atoms with Gasteiger partial charge in [-0.05, 0) is 17.2 Å². The summed E-state index contributed by atoms with van der Waals surface area (Å²) in [6.45, 7) is 9.67. The first-order valence-electron chi connectivity index (χ1n) is 5.60. The molecule has 0 heterocycles. The van der Waals surface area contributed by atoms with E-state index < -0.39 is 8.07 Å². The van der Waals surface area contributed by atoms with Crippen molar-refractivity contribution in [3.05, 3.63) is 29.8 Å². The molecule has 0 radical (unpaired) electrons. The Morgan fingerprint density at radius 2 is 1.60 bits per heavy atom. The van der Waals surface area contributed by atoms with E-state index in [0.29, 0.717) is 5.54 Å². The summed E-state index contributed by atoms with van der Waals surface area (Å²) < 4.78 is 0. The van der Waals surface area contributed by atoms with Gasteiger partial charge in [0.1, 0.15) is 0 Å². The summed E-state index contributed by atoms with van der Waals surface area (Å²) >= 11 is 0. The average Bonchev–Trinajstić information content (AvgIpc) is 2.15. The molecule has 0 aliphatic heterocycles. The summed E-state index contributed by atoms with van der Waals surface area (Å²) in [7, 11) is 3.14. The van der Waals surface area contributed by atoms with E-state index in [0.717, 1.165) is 0 Å². The summed E-state index contributed by atoms with van der Waals surface area (Å²) in [6.07, 6.45) is 0. The van der Waals surface area contributed by atoms with Gasteiger partial charge in [0.25, 0.3) is 0 Å². The van der Waals surface area contributed by atoms with Gasteiger partial charge < -0.3 is 4.90 Å². The number of hydrogen-bond donors (Lipinski definition) is 0. The van der Waals surface area contributed by atoms with Crippen molar-refractivity contribution in [3.8, 4) is 0 Å². The van der Waals surface area contributed by atoms with Gasteiger partial charge in [0.15, 0.2) is 0 Å². The summed E-state index contributed by atoms with van der Waals surface area (Å²) in [5, 5.41) is 0. The molecule has 1 nitrogen and oxygen atoms in total. The number of rotatable bonds is 3. The van der Waals surface area contributed by atoms with Gasteiger partial charge in [-0.25, -0.2) is 0 Å². The van der Waals surface area contributed by atoms with Crippen LogP contribution in [0.1, 0.15) is 18.0 Å². The zero-order valence-electron chi connectivity index (χ0n) is 10.8. The lowest BCUT2D eigenvalue weighted by molar-refractivity contribution is 0.989. The van der Waals surface area contributed by atoms with Gasteiger partial charge in [-0.3, -0.25) is 0 Å². The van der Waals surface area contributed by atoms with Crippen molar-refractivity contribution in [2.24, 2.45) is 0 Å². The summed E-state index contributed by atoms with van der Waals surface area (Å²) in [5.41, 5.74) is 3.57. The summed E-state index contributed by atoms with van der Waals surface area (Å²) in [6, 6.07) is 8.76. The highest BCUT2D eigenvalue weighted by molar-refractivity contribution is 6.77. The first-order valence-corrected chi connectivity index (χ1v) is 9.18. The molecule has 0 amide bonds. The second-order valence-corrected chi connectivity index (χ2v) is 11.1. The van der Waals surface area contributed by atoms with Gasteiger partial charge in [0.2, 0.25) is 0 Å². The zero-order chi connectivity index (χ0) is 11.6. The van der Waals surface area contributed by atoms with Gasteiger partial charge in [0.05, 0.1) is 8.07 Å². The number of hydrogen-bond acceptors (Lipinski definition) is 1. The first-order chi connectivity index (χ1) is 6.84. The first kappa shape index (κ1) is 12.3. The van der Waals surface area contributed by atoms with Crippen molar-refractivity contribution in [2.45, 2.75) is 32.1 Å². The molecule has 1 rings (SSSR count). The van der Waals surface area contributed by atoms with Crippen molar-refractivity contribution in [3.63, 3.8) is 0 Å². The van der Waals surface area contributed by atoms with E-state index in [1.807, 2.05) is 0 Å². The van der Waals surface area contributed by atoms with E-state index in [2.05, 4.69) is 69.8 Å². The summed E-state index contributed by atoms with van der Waals surface area (Å²) in [4.78, 5) is 2.21. The zero-order valence-corrected chi connectivity index (χ0v) is 11.8. The Morgan fingerprint density at radius 1 is 1.07 bits per heavy atom. The Balaban J connectivity index is 3.14. The lowest BCUT2D eigenvalue weighted by Gasteiger charge is -2.29. The fraction of sp³-hybridized carbons (Fsp3) is 0.538. The van der Waals surface area contributed by atoms with E-state index >= 15 is 0 Å². The molecule has 2 heteroatoms. The van der Waals surface area contributed by atoms with Crippen LogP contribution in [0, 0.1) is 0 Å². The lowest BCUT2D eigenvalue weighted by atomic mass is 10.1. The number of nitrogens with zero attached hydrogens (tertiary/aromatic N) is 1. The van der Waals surface area contributed by atoms with Gasteiger partial charge in [-0.15, -0.1) is 0 Å². The second-order valence-electron chi connectivity index (χ2n) is 5.54. The molecule has 0 spiro atoms. The third-order valence-electron chi connectivity index (χ3n) is 3.18. The highest BCUT2D eigenvalue weighted by Crippen LogP contribution is 2.32. The van der Waals surface area contributed by atoms with Crippen molar-refractivity contribution in [1.29, 1.82) is 0 Å². The van der Waals surface area contributed by atoms with Crippen LogP contribution < -0.4 is 4.90 Å². The Bertz CT molecular complexity index is 326. The molecule has 0 aliphatic carbocycles. The maximum atomic E-state index is 2.43. The average molecular weight is 221 g/mol. The van der Waals surface area contributed by atoms with Crippen LogP contribution in [0.25, 0.3) is 0 Å². The number of anilines is 1.